The molecular formula is C7H15N3. The molecule has 0 saturated carbocycles. The van der Waals surface area contributed by atoms with Crippen molar-refractivity contribution in [3.8, 4) is 0 Å². The van der Waals surface area contributed by atoms with E-state index in [0.717, 1.165) is 19.4 Å². The molecule has 0 aromatic rings. The van der Waals surface area contributed by atoms with Crippen molar-refractivity contribution in [1.82, 2.24) is 5.32 Å². The Bertz CT molecular complexity index is 113. The molecule has 0 heterocycles. The summed E-state index contributed by atoms with van der Waals surface area (Å²) in [6, 6.07) is 0. The minimum absolute atomic E-state index is 0.0433. The third-order valence-electron chi connectivity index (χ3n) is 1.10. The molecule has 10 heavy (non-hydrogen) atoms. The van der Waals surface area contributed by atoms with Crippen molar-refractivity contribution in [2.24, 2.45) is 5.73 Å². The van der Waals surface area contributed by atoms with Crippen LogP contribution < -0.4 is 11.1 Å². The second kappa shape index (κ2) is 4.85. The van der Waals surface area contributed by atoms with Crippen LogP contribution in [0.3, 0.4) is 0 Å². The Balaban J connectivity index is 3.06. The summed E-state index contributed by atoms with van der Waals surface area (Å²) in [7, 11) is 0. The average molecular weight is 141 g/mol. The van der Waals surface area contributed by atoms with Crippen LogP contribution in [0.1, 0.15) is 19.8 Å². The van der Waals surface area contributed by atoms with Gasteiger partial charge in [-0.05, 0) is 19.8 Å². The zero-order valence-corrected chi connectivity index (χ0v) is 6.41. The monoisotopic (exact) mass is 141 g/mol. The maximum absolute atomic E-state index is 6.82. The molecule has 0 fully saturated rings. The van der Waals surface area contributed by atoms with Crippen molar-refractivity contribution in [2.45, 2.75) is 19.8 Å². The van der Waals surface area contributed by atoms with Crippen LogP contribution in [0.5, 0.6) is 0 Å². The number of hydrogen-bond acceptors (Lipinski definition) is 1. The van der Waals surface area contributed by atoms with Crippen LogP contribution in [0, 0.1) is 5.41 Å². The Labute approximate surface area is 61.8 Å². The molecular weight excluding hydrogens is 126 g/mol. The van der Waals surface area contributed by atoms with E-state index >= 15 is 0 Å². The summed E-state index contributed by atoms with van der Waals surface area (Å²) in [5.41, 5.74) is 6.23. The van der Waals surface area contributed by atoms with E-state index in [0.29, 0.717) is 0 Å². The molecule has 0 aromatic heterocycles. The quantitative estimate of drug-likeness (QED) is 0.235. The van der Waals surface area contributed by atoms with E-state index in [-0.39, 0.29) is 5.96 Å². The summed E-state index contributed by atoms with van der Waals surface area (Å²) in [6.45, 7) is 6.52. The van der Waals surface area contributed by atoms with Crippen molar-refractivity contribution in [2.75, 3.05) is 6.54 Å². The van der Waals surface area contributed by atoms with Crippen LogP contribution in [0.25, 0.3) is 0 Å². The molecule has 3 heteroatoms. The number of rotatable bonds is 4. The van der Waals surface area contributed by atoms with Gasteiger partial charge in [0.15, 0.2) is 5.96 Å². The van der Waals surface area contributed by atoms with Gasteiger partial charge in [-0.2, -0.15) is 0 Å². The summed E-state index contributed by atoms with van der Waals surface area (Å²) >= 11 is 0. The van der Waals surface area contributed by atoms with Crippen LogP contribution in [0.15, 0.2) is 12.2 Å². The van der Waals surface area contributed by atoms with Crippen LogP contribution in [0.4, 0.5) is 0 Å². The van der Waals surface area contributed by atoms with E-state index in [9.17, 15) is 0 Å². The molecule has 0 atom stereocenters. The molecule has 0 amide bonds. The maximum atomic E-state index is 6.82. The Morgan fingerprint density at radius 2 is 2.30 bits per heavy atom. The van der Waals surface area contributed by atoms with E-state index in [1.54, 1.807) is 0 Å². The number of hydrogen-bond donors (Lipinski definition) is 3. The predicted octanol–water partition coefficient (Wildman–Crippen LogP) is 0.826. The molecule has 0 aliphatic carbocycles. The second-order valence-electron chi connectivity index (χ2n) is 2.40. The van der Waals surface area contributed by atoms with E-state index in [2.05, 4.69) is 11.9 Å². The zero-order valence-electron chi connectivity index (χ0n) is 6.41. The van der Waals surface area contributed by atoms with E-state index in [4.69, 9.17) is 11.1 Å². The fourth-order valence-corrected chi connectivity index (χ4v) is 0.613. The summed E-state index contributed by atoms with van der Waals surface area (Å²) < 4.78 is 0. The number of nitrogens with one attached hydrogen (secondary N) is 2. The molecule has 58 valence electrons. The van der Waals surface area contributed by atoms with Gasteiger partial charge in [0.05, 0.1) is 0 Å². The number of guanidine groups is 1. The van der Waals surface area contributed by atoms with Gasteiger partial charge in [-0.25, -0.2) is 0 Å². The Morgan fingerprint density at radius 1 is 1.70 bits per heavy atom. The maximum Gasteiger partial charge on any atom is 0.185 e. The summed E-state index contributed by atoms with van der Waals surface area (Å²) in [5, 5.41) is 9.55. The number of allylic oxidation sites excluding steroid dienone is 1. The smallest absolute Gasteiger partial charge is 0.185 e. The lowest BCUT2D eigenvalue weighted by atomic mass is 10.2. The van der Waals surface area contributed by atoms with Crippen LogP contribution in [-0.2, 0) is 0 Å². The van der Waals surface area contributed by atoms with Gasteiger partial charge >= 0.3 is 0 Å². The zero-order chi connectivity index (χ0) is 7.98. The minimum Gasteiger partial charge on any atom is -0.370 e. The highest BCUT2D eigenvalue weighted by Gasteiger charge is 1.88. The first-order valence-corrected chi connectivity index (χ1v) is 3.35. The average Bonchev–Trinajstić information content (AvgIpc) is 1.79. The van der Waals surface area contributed by atoms with Gasteiger partial charge in [-0.1, -0.05) is 5.57 Å². The van der Waals surface area contributed by atoms with Crippen LogP contribution in [0.2, 0.25) is 0 Å². The lowest BCUT2D eigenvalue weighted by Crippen LogP contribution is -2.30. The molecule has 0 bridgehead atoms. The lowest BCUT2D eigenvalue weighted by Gasteiger charge is -2.01. The molecule has 0 spiro atoms. The van der Waals surface area contributed by atoms with Crippen LogP contribution >= 0.6 is 0 Å². The molecule has 0 rings (SSSR count). The van der Waals surface area contributed by atoms with Gasteiger partial charge in [0.1, 0.15) is 0 Å². The van der Waals surface area contributed by atoms with Crippen molar-refractivity contribution in [1.29, 1.82) is 5.41 Å². The van der Waals surface area contributed by atoms with E-state index < -0.39 is 0 Å². The number of nitrogens with two attached hydrogens (primary N) is 1. The molecule has 0 saturated heterocycles. The van der Waals surface area contributed by atoms with Crippen molar-refractivity contribution in [3.05, 3.63) is 12.2 Å². The Hall–Kier alpha value is -0.990. The molecule has 0 radical (unpaired) electrons. The Morgan fingerprint density at radius 3 is 2.70 bits per heavy atom. The highest BCUT2D eigenvalue weighted by atomic mass is 15.0. The normalized spacial score (nSPS) is 8.90. The topological polar surface area (TPSA) is 61.9 Å². The Kier molecular flexibility index (Phi) is 4.37. The third kappa shape index (κ3) is 7.01. The SMILES string of the molecule is C=C(C)CCCNC(=N)N. The summed E-state index contributed by atoms with van der Waals surface area (Å²) in [4.78, 5) is 0. The molecule has 0 aromatic carbocycles. The van der Waals surface area contributed by atoms with Gasteiger partial charge in [0.2, 0.25) is 0 Å². The fraction of sp³-hybridized carbons (Fsp3) is 0.571. The van der Waals surface area contributed by atoms with Gasteiger partial charge in [-0.3, -0.25) is 5.41 Å². The predicted molar refractivity (Wildman–Crippen MR) is 44.0 cm³/mol. The third-order valence-corrected chi connectivity index (χ3v) is 1.10. The molecule has 0 unspecified atom stereocenters. The van der Waals surface area contributed by atoms with Crippen molar-refractivity contribution in [3.63, 3.8) is 0 Å². The van der Waals surface area contributed by atoms with Gasteiger partial charge in [-0.15, -0.1) is 6.58 Å². The van der Waals surface area contributed by atoms with Crippen LogP contribution in [-0.4, -0.2) is 12.5 Å². The van der Waals surface area contributed by atoms with Crippen molar-refractivity contribution >= 4 is 5.96 Å². The largest absolute Gasteiger partial charge is 0.370 e. The molecule has 0 aliphatic heterocycles. The summed E-state index contributed by atoms with van der Waals surface area (Å²) in [6.07, 6.45) is 2.00. The highest BCUT2D eigenvalue weighted by Crippen LogP contribution is 1.97. The van der Waals surface area contributed by atoms with Crippen molar-refractivity contribution < 1.29 is 0 Å². The first-order chi connectivity index (χ1) is 4.63. The minimum atomic E-state index is 0.0433. The highest BCUT2D eigenvalue weighted by molar-refractivity contribution is 5.74. The van der Waals surface area contributed by atoms with Gasteiger partial charge in [0, 0.05) is 6.54 Å². The fourth-order valence-electron chi connectivity index (χ4n) is 0.613. The molecule has 4 N–H and O–H groups in total. The summed E-state index contributed by atoms with van der Waals surface area (Å²) in [5.74, 6) is 0.0433. The first-order valence-electron chi connectivity index (χ1n) is 3.35. The lowest BCUT2D eigenvalue weighted by molar-refractivity contribution is 0.763. The standard InChI is InChI=1S/C7H15N3/c1-6(2)4-3-5-10-7(8)9/h1,3-5H2,2H3,(H4,8,9,10). The van der Waals surface area contributed by atoms with E-state index in [1.165, 1.54) is 5.57 Å². The second-order valence-corrected chi connectivity index (χ2v) is 2.40. The van der Waals surface area contributed by atoms with Gasteiger partial charge < -0.3 is 11.1 Å². The van der Waals surface area contributed by atoms with Gasteiger partial charge in [0.25, 0.3) is 0 Å². The molecule has 3 nitrogen and oxygen atoms in total. The molecule has 0 aliphatic rings. The first kappa shape index (κ1) is 9.01. The van der Waals surface area contributed by atoms with E-state index in [1.807, 2.05) is 6.92 Å².